The largest absolute Gasteiger partial charge is 0.493 e. The lowest BCUT2D eigenvalue weighted by Crippen LogP contribution is -2.51. The van der Waals surface area contributed by atoms with Gasteiger partial charge in [0.05, 0.1) is 18.7 Å². The van der Waals surface area contributed by atoms with Crippen molar-refractivity contribution in [3.63, 3.8) is 0 Å². The lowest BCUT2D eigenvalue weighted by molar-refractivity contribution is 0.0708. The molecule has 2 rings (SSSR count). The monoisotopic (exact) mass is 312 g/mol. The van der Waals surface area contributed by atoms with Crippen LogP contribution in [0.2, 0.25) is 5.02 Å². The number of halogens is 1. The fourth-order valence-corrected chi connectivity index (χ4v) is 2.69. The number of hydrogen-bond donors (Lipinski definition) is 1. The molecule has 116 valence electrons. The Balaban J connectivity index is 2.27. The van der Waals surface area contributed by atoms with E-state index < -0.39 is 0 Å². The predicted molar refractivity (Wildman–Crippen MR) is 82.5 cm³/mol. The second-order valence-electron chi connectivity index (χ2n) is 5.03. The van der Waals surface area contributed by atoms with Crippen LogP contribution in [0.4, 0.5) is 0 Å². The average Bonchev–Trinajstić information content (AvgIpc) is 2.48. The van der Waals surface area contributed by atoms with E-state index in [1.54, 1.807) is 12.1 Å². The number of methoxy groups -OCH3 is 1. The maximum absolute atomic E-state index is 12.6. The summed E-state index contributed by atoms with van der Waals surface area (Å²) in [6, 6.07) is 3.62. The summed E-state index contributed by atoms with van der Waals surface area (Å²) < 4.78 is 10.7. The van der Waals surface area contributed by atoms with Crippen LogP contribution in [0.15, 0.2) is 12.1 Å². The number of benzene rings is 1. The van der Waals surface area contributed by atoms with Crippen molar-refractivity contribution in [2.45, 2.75) is 19.9 Å². The van der Waals surface area contributed by atoms with Crippen LogP contribution in [0.25, 0.3) is 0 Å². The first-order valence-electron chi connectivity index (χ1n) is 7.09. The van der Waals surface area contributed by atoms with E-state index >= 15 is 0 Å². The normalized spacial score (nSPS) is 18.5. The van der Waals surface area contributed by atoms with Gasteiger partial charge in [0.15, 0.2) is 11.5 Å². The van der Waals surface area contributed by atoms with Gasteiger partial charge in [0.25, 0.3) is 5.91 Å². The molecule has 5 nitrogen and oxygen atoms in total. The zero-order valence-electron chi connectivity index (χ0n) is 12.6. The molecule has 1 aliphatic rings. The number of nitrogens with one attached hydrogen (secondary N) is 1. The van der Waals surface area contributed by atoms with Crippen molar-refractivity contribution in [1.29, 1.82) is 0 Å². The third-order valence-corrected chi connectivity index (χ3v) is 3.70. The highest BCUT2D eigenvalue weighted by molar-refractivity contribution is 6.32. The molecule has 0 radical (unpaired) electrons. The summed E-state index contributed by atoms with van der Waals surface area (Å²) in [6.45, 7) is 6.60. The fraction of sp³-hybridized carbons (Fsp3) is 0.533. The third kappa shape index (κ3) is 3.60. The van der Waals surface area contributed by atoms with Crippen molar-refractivity contribution in [2.24, 2.45) is 0 Å². The van der Waals surface area contributed by atoms with Crippen LogP contribution in [0.1, 0.15) is 24.2 Å². The quantitative estimate of drug-likeness (QED) is 0.926. The molecule has 1 saturated heterocycles. The van der Waals surface area contributed by atoms with Crippen molar-refractivity contribution in [3.8, 4) is 11.5 Å². The molecule has 0 bridgehead atoms. The van der Waals surface area contributed by atoms with Crippen molar-refractivity contribution >= 4 is 17.5 Å². The van der Waals surface area contributed by atoms with Gasteiger partial charge in [-0.2, -0.15) is 0 Å². The first kappa shape index (κ1) is 15.9. The van der Waals surface area contributed by atoms with Crippen LogP contribution in [0, 0.1) is 0 Å². The van der Waals surface area contributed by atoms with Gasteiger partial charge in [-0.05, 0) is 26.0 Å². The molecular formula is C15H21ClN2O3. The molecule has 0 spiro atoms. The van der Waals surface area contributed by atoms with Gasteiger partial charge < -0.3 is 19.7 Å². The Hall–Kier alpha value is -1.46. The van der Waals surface area contributed by atoms with Gasteiger partial charge >= 0.3 is 0 Å². The standard InChI is InChI=1S/C15H21ClN2O3/c1-4-21-14-12(16)7-11(8-13(14)20-3)15(19)18-6-5-17-10(2)9-18/h7-8,10,17H,4-6,9H2,1-3H3/t10-/m0/s1. The highest BCUT2D eigenvalue weighted by Gasteiger charge is 2.23. The Morgan fingerprint density at radius 2 is 2.29 bits per heavy atom. The van der Waals surface area contributed by atoms with E-state index in [0.29, 0.717) is 47.8 Å². The summed E-state index contributed by atoms with van der Waals surface area (Å²) in [5.74, 6) is 0.925. The number of piperazine rings is 1. The van der Waals surface area contributed by atoms with Crippen molar-refractivity contribution in [2.75, 3.05) is 33.4 Å². The number of hydrogen-bond acceptors (Lipinski definition) is 4. The first-order valence-corrected chi connectivity index (χ1v) is 7.47. The molecule has 0 saturated carbocycles. The zero-order valence-corrected chi connectivity index (χ0v) is 13.4. The molecule has 1 aromatic rings. The maximum atomic E-state index is 12.6. The summed E-state index contributed by atoms with van der Waals surface area (Å²) in [5.41, 5.74) is 0.523. The van der Waals surface area contributed by atoms with Crippen LogP contribution < -0.4 is 14.8 Å². The van der Waals surface area contributed by atoms with E-state index in [1.807, 2.05) is 11.8 Å². The van der Waals surface area contributed by atoms with E-state index in [9.17, 15) is 4.79 Å². The van der Waals surface area contributed by atoms with Gasteiger partial charge in [0, 0.05) is 31.2 Å². The second kappa shape index (κ2) is 7.00. The smallest absolute Gasteiger partial charge is 0.254 e. The Labute approximate surface area is 130 Å². The van der Waals surface area contributed by atoms with Gasteiger partial charge in [-0.25, -0.2) is 0 Å². The van der Waals surface area contributed by atoms with E-state index in [-0.39, 0.29) is 5.91 Å². The molecule has 0 unspecified atom stereocenters. The molecular weight excluding hydrogens is 292 g/mol. The third-order valence-electron chi connectivity index (χ3n) is 3.42. The Morgan fingerprint density at radius 1 is 1.52 bits per heavy atom. The summed E-state index contributed by atoms with van der Waals surface area (Å²) in [4.78, 5) is 14.4. The van der Waals surface area contributed by atoms with E-state index in [2.05, 4.69) is 12.2 Å². The maximum Gasteiger partial charge on any atom is 0.254 e. The minimum Gasteiger partial charge on any atom is -0.493 e. The number of ether oxygens (including phenoxy) is 2. The van der Waals surface area contributed by atoms with Gasteiger partial charge in [0.2, 0.25) is 0 Å². The van der Waals surface area contributed by atoms with Gasteiger partial charge in [-0.15, -0.1) is 0 Å². The molecule has 1 aromatic carbocycles. The minimum atomic E-state index is -0.0356. The lowest BCUT2D eigenvalue weighted by Gasteiger charge is -2.32. The molecule has 1 atom stereocenters. The van der Waals surface area contributed by atoms with Gasteiger partial charge in [0.1, 0.15) is 0 Å². The molecule has 1 amide bonds. The highest BCUT2D eigenvalue weighted by atomic mass is 35.5. The van der Waals surface area contributed by atoms with Crippen molar-refractivity contribution in [1.82, 2.24) is 10.2 Å². The summed E-state index contributed by atoms with van der Waals surface area (Å²) >= 11 is 6.22. The van der Waals surface area contributed by atoms with Gasteiger partial charge in [-0.3, -0.25) is 4.79 Å². The minimum absolute atomic E-state index is 0.0356. The molecule has 1 fully saturated rings. The van der Waals surface area contributed by atoms with E-state index in [0.717, 1.165) is 6.54 Å². The predicted octanol–water partition coefficient (Wildman–Crippen LogP) is 2.18. The lowest BCUT2D eigenvalue weighted by atomic mass is 10.1. The number of amides is 1. The Morgan fingerprint density at radius 3 is 2.90 bits per heavy atom. The fourth-order valence-electron chi connectivity index (χ4n) is 2.43. The average molecular weight is 313 g/mol. The van der Waals surface area contributed by atoms with Crippen molar-refractivity contribution in [3.05, 3.63) is 22.7 Å². The number of nitrogens with zero attached hydrogens (tertiary/aromatic N) is 1. The number of carbonyl (C=O) groups excluding carboxylic acids is 1. The Bertz CT molecular complexity index is 522. The van der Waals surface area contributed by atoms with Crippen LogP contribution in [0.5, 0.6) is 11.5 Å². The molecule has 0 aromatic heterocycles. The highest BCUT2D eigenvalue weighted by Crippen LogP contribution is 2.36. The number of carbonyl (C=O) groups is 1. The van der Waals surface area contributed by atoms with Crippen LogP contribution in [0.3, 0.4) is 0 Å². The summed E-state index contributed by atoms with van der Waals surface area (Å²) in [7, 11) is 1.54. The summed E-state index contributed by atoms with van der Waals surface area (Å²) in [5, 5.41) is 3.70. The van der Waals surface area contributed by atoms with Crippen molar-refractivity contribution < 1.29 is 14.3 Å². The summed E-state index contributed by atoms with van der Waals surface area (Å²) in [6.07, 6.45) is 0. The SMILES string of the molecule is CCOc1c(Cl)cc(C(=O)N2CCN[C@@H](C)C2)cc1OC. The van der Waals surface area contributed by atoms with Crippen LogP contribution >= 0.6 is 11.6 Å². The van der Waals surface area contributed by atoms with Crippen LogP contribution in [-0.2, 0) is 0 Å². The molecule has 1 heterocycles. The molecule has 6 heteroatoms. The Kier molecular flexibility index (Phi) is 5.31. The second-order valence-corrected chi connectivity index (χ2v) is 5.44. The topological polar surface area (TPSA) is 50.8 Å². The first-order chi connectivity index (χ1) is 10.1. The van der Waals surface area contributed by atoms with E-state index in [4.69, 9.17) is 21.1 Å². The molecule has 0 aliphatic carbocycles. The van der Waals surface area contributed by atoms with E-state index in [1.165, 1.54) is 7.11 Å². The molecule has 1 N–H and O–H groups in total. The molecule has 21 heavy (non-hydrogen) atoms. The zero-order chi connectivity index (χ0) is 15.4. The van der Waals surface area contributed by atoms with Crippen LogP contribution in [-0.4, -0.2) is 50.2 Å². The number of rotatable bonds is 4. The van der Waals surface area contributed by atoms with Gasteiger partial charge in [-0.1, -0.05) is 11.6 Å². The molecule has 1 aliphatic heterocycles.